The second kappa shape index (κ2) is 24.7. The van der Waals surface area contributed by atoms with Crippen molar-refractivity contribution in [1.82, 2.24) is 29.9 Å². The molecule has 0 fully saturated rings. The van der Waals surface area contributed by atoms with E-state index in [1.54, 1.807) is 18.2 Å². The minimum atomic E-state index is -1.47. The normalized spacial score (nSPS) is 11.4. The molecule has 444 valence electrons. The van der Waals surface area contributed by atoms with E-state index in [0.717, 1.165) is 121 Å². The number of hydrogen-bond donors (Lipinski definition) is 2. The summed E-state index contributed by atoms with van der Waals surface area (Å²) in [5.41, 5.74) is 13.0. The molecule has 14 aromatic carbocycles. The van der Waals surface area contributed by atoms with Crippen molar-refractivity contribution in [3.8, 4) is 79.2 Å². The first-order chi connectivity index (χ1) is 46.3. The maximum absolute atomic E-state index is 9.29. The minimum Gasteiger partial charge on any atom is -0.456 e. The molecule has 0 aliphatic carbocycles. The van der Waals surface area contributed by atoms with Gasteiger partial charge in [0.25, 0.3) is 0 Å². The third-order valence-electron chi connectivity index (χ3n) is 17.1. The molecule has 0 aliphatic heterocycles. The summed E-state index contributed by atoms with van der Waals surface area (Å²) >= 11 is 6.27. The van der Waals surface area contributed by atoms with Gasteiger partial charge in [-0.1, -0.05) is 255 Å². The van der Waals surface area contributed by atoms with Gasteiger partial charge in [-0.25, -0.2) is 19.9 Å². The average molecular weight is 1230 g/mol. The Morgan fingerprint density at radius 1 is 0.245 bits per heavy atom. The van der Waals surface area contributed by atoms with E-state index in [2.05, 4.69) is 198 Å². The molecule has 18 aromatic rings. The van der Waals surface area contributed by atoms with Gasteiger partial charge in [0.15, 0.2) is 29.1 Å². The molecule has 10 nitrogen and oxygen atoms in total. The highest BCUT2D eigenvalue weighted by Crippen LogP contribution is 2.38. The molecule has 0 spiro atoms. The monoisotopic (exact) mass is 1230 g/mol. The van der Waals surface area contributed by atoms with Gasteiger partial charge in [-0.15, -0.1) is 0 Å². The Morgan fingerprint density at radius 2 is 0.585 bits per heavy atom. The van der Waals surface area contributed by atoms with E-state index in [9.17, 15) is 10.0 Å². The lowest BCUT2D eigenvalue weighted by molar-refractivity contribution is 0.426. The number of furan rings is 2. The van der Waals surface area contributed by atoms with Gasteiger partial charge in [-0.05, 0) is 131 Å². The summed E-state index contributed by atoms with van der Waals surface area (Å²) < 4.78 is 12.1. The van der Waals surface area contributed by atoms with E-state index >= 15 is 0 Å². The number of aromatic nitrogens is 6. The Kier molecular flexibility index (Phi) is 15.0. The number of nitrogens with zero attached hydrogens (tertiary/aromatic N) is 6. The molecule has 4 heterocycles. The summed E-state index contributed by atoms with van der Waals surface area (Å²) in [7, 11) is -1.47. The van der Waals surface area contributed by atoms with Gasteiger partial charge in [0, 0.05) is 49.4 Å². The van der Waals surface area contributed by atoms with Gasteiger partial charge in [0.1, 0.15) is 22.3 Å². The van der Waals surface area contributed by atoms with E-state index in [-0.39, 0.29) is 5.28 Å². The van der Waals surface area contributed by atoms with Crippen LogP contribution in [0.15, 0.2) is 312 Å². The summed E-state index contributed by atoms with van der Waals surface area (Å²) in [6, 6.07) is 102. The molecule has 0 atom stereocenters. The van der Waals surface area contributed by atoms with Crippen molar-refractivity contribution >= 4 is 111 Å². The van der Waals surface area contributed by atoms with E-state index in [4.69, 9.17) is 40.4 Å². The first kappa shape index (κ1) is 57.2. The second-order valence-corrected chi connectivity index (χ2v) is 23.3. The maximum atomic E-state index is 9.29. The Bertz CT molecular complexity index is 5860. The maximum Gasteiger partial charge on any atom is 0.488 e. The fourth-order valence-corrected chi connectivity index (χ4v) is 12.5. The fourth-order valence-electron chi connectivity index (χ4n) is 12.3. The Labute approximate surface area is 544 Å². The molecule has 94 heavy (non-hydrogen) atoms. The third kappa shape index (κ3) is 11.3. The highest BCUT2D eigenvalue weighted by molar-refractivity contribution is 6.59. The lowest BCUT2D eigenvalue weighted by Gasteiger charge is -2.11. The molecular weight excluding hydrogens is 1180 g/mol. The van der Waals surface area contributed by atoms with Gasteiger partial charge in [-0.2, -0.15) is 9.97 Å². The molecule has 0 amide bonds. The molecule has 0 saturated heterocycles. The number of rotatable bonds is 8. The number of fused-ring (bicyclic) bond motifs is 10. The SMILES string of the molecule is Clc1nc(-c2ccc(-c3ccccc3)cc2)nc(-c2cccc3ccccc23)n1.OB(O)c1ccc2oc3cc4ccccc4cc3c2c1.c1ccc(-c2ccc(-c3nc(-c4ccc5oc6cc7ccccc7cc6c5c4)nc(-c4cccc5ccccc45)n3)cc2)cc1. The van der Waals surface area contributed by atoms with Crippen LogP contribution in [-0.2, 0) is 0 Å². The summed E-state index contributed by atoms with van der Waals surface area (Å²) in [5.74, 6) is 3.02. The average Bonchev–Trinajstić information content (AvgIpc) is 1.55. The van der Waals surface area contributed by atoms with Crippen molar-refractivity contribution in [3.05, 3.63) is 309 Å². The lowest BCUT2D eigenvalue weighted by Crippen LogP contribution is -2.29. The van der Waals surface area contributed by atoms with Crippen LogP contribution < -0.4 is 5.46 Å². The first-order valence-corrected chi connectivity index (χ1v) is 31.2. The number of benzene rings is 14. The minimum absolute atomic E-state index is 0.185. The topological polar surface area (TPSA) is 144 Å². The van der Waals surface area contributed by atoms with Crippen molar-refractivity contribution in [2.45, 2.75) is 0 Å². The van der Waals surface area contributed by atoms with Crippen LogP contribution in [-0.4, -0.2) is 47.1 Å². The van der Waals surface area contributed by atoms with E-state index in [0.29, 0.717) is 34.6 Å². The Morgan fingerprint density at radius 3 is 1.09 bits per heavy atom. The van der Waals surface area contributed by atoms with Crippen molar-refractivity contribution < 1.29 is 18.9 Å². The molecule has 18 rings (SSSR count). The van der Waals surface area contributed by atoms with Crippen LogP contribution in [0.5, 0.6) is 0 Å². The van der Waals surface area contributed by atoms with Crippen LogP contribution in [0.25, 0.3) is 166 Å². The third-order valence-corrected chi connectivity index (χ3v) is 17.2. The summed E-state index contributed by atoms with van der Waals surface area (Å²) in [4.78, 5) is 28.6. The molecule has 0 bridgehead atoms. The summed E-state index contributed by atoms with van der Waals surface area (Å²) in [5, 5.41) is 31.8. The zero-order chi connectivity index (χ0) is 63.1. The zero-order valence-electron chi connectivity index (χ0n) is 50.2. The van der Waals surface area contributed by atoms with Crippen molar-refractivity contribution in [2.24, 2.45) is 0 Å². The van der Waals surface area contributed by atoms with E-state index in [1.807, 2.05) is 97.1 Å². The number of hydrogen-bond acceptors (Lipinski definition) is 10. The molecule has 2 N–H and O–H groups in total. The zero-order valence-corrected chi connectivity index (χ0v) is 51.0. The molecular formula is C82H52BClN6O4. The smallest absolute Gasteiger partial charge is 0.456 e. The van der Waals surface area contributed by atoms with Crippen LogP contribution in [0.3, 0.4) is 0 Å². The van der Waals surface area contributed by atoms with Gasteiger partial charge in [-0.3, -0.25) is 0 Å². The highest BCUT2D eigenvalue weighted by Gasteiger charge is 2.19. The molecule has 0 aliphatic rings. The van der Waals surface area contributed by atoms with Crippen molar-refractivity contribution in [2.75, 3.05) is 0 Å². The van der Waals surface area contributed by atoms with Gasteiger partial charge in [0.2, 0.25) is 5.28 Å². The quantitative estimate of drug-likeness (QED) is 0.141. The summed E-state index contributed by atoms with van der Waals surface area (Å²) in [6.45, 7) is 0. The fraction of sp³-hybridized carbons (Fsp3) is 0. The van der Waals surface area contributed by atoms with Crippen LogP contribution in [0.2, 0.25) is 5.28 Å². The largest absolute Gasteiger partial charge is 0.488 e. The van der Waals surface area contributed by atoms with Crippen LogP contribution in [0, 0.1) is 0 Å². The Hall–Kier alpha value is -12.0. The van der Waals surface area contributed by atoms with Gasteiger partial charge >= 0.3 is 7.12 Å². The van der Waals surface area contributed by atoms with Crippen LogP contribution in [0.1, 0.15) is 0 Å². The second-order valence-electron chi connectivity index (χ2n) is 22.9. The van der Waals surface area contributed by atoms with Gasteiger partial charge in [0.05, 0.1) is 0 Å². The molecule has 12 heteroatoms. The van der Waals surface area contributed by atoms with E-state index < -0.39 is 7.12 Å². The Balaban J connectivity index is 0.000000122. The number of halogens is 1. The predicted molar refractivity (Wildman–Crippen MR) is 384 cm³/mol. The van der Waals surface area contributed by atoms with Crippen LogP contribution in [0.4, 0.5) is 0 Å². The molecule has 0 radical (unpaired) electrons. The lowest BCUT2D eigenvalue weighted by atomic mass is 9.80. The molecule has 0 unspecified atom stereocenters. The highest BCUT2D eigenvalue weighted by atomic mass is 35.5. The van der Waals surface area contributed by atoms with E-state index in [1.165, 1.54) is 16.5 Å². The standard InChI is InChI=1S/C41H25N3O.C25H16ClN3.C16H11BO3/c1-2-9-26(10-3-1)27-17-19-29(20-18-27)39-42-40(44-41(43-39)34-16-8-14-28-11-6-7-15-33(28)34)32-21-22-37-35(24-32)36-23-30-12-4-5-13-31(30)25-38(36)45-37;26-25-28-23(20-15-13-18(14-16-20)17-7-2-1-3-8-17)27-24(29-25)22-12-6-10-19-9-4-5-11-21(19)22;18-17(19)12-5-6-15-14(9-12)13-7-10-3-1-2-4-11(10)8-16(13)20-15/h1-25H;1-16H;1-9,18-19H. The first-order valence-electron chi connectivity index (χ1n) is 30.8. The van der Waals surface area contributed by atoms with Crippen molar-refractivity contribution in [1.29, 1.82) is 0 Å². The molecule has 4 aromatic heterocycles. The molecule has 0 saturated carbocycles. The van der Waals surface area contributed by atoms with Crippen LogP contribution >= 0.6 is 11.6 Å². The predicted octanol–water partition coefficient (Wildman–Crippen LogP) is 19.8. The van der Waals surface area contributed by atoms with Gasteiger partial charge < -0.3 is 18.9 Å². The van der Waals surface area contributed by atoms with Crippen molar-refractivity contribution in [3.63, 3.8) is 0 Å². The summed E-state index contributed by atoms with van der Waals surface area (Å²) in [6.07, 6.45) is 0.